The van der Waals surface area contributed by atoms with Gasteiger partial charge in [-0.05, 0) is 24.3 Å². The lowest BCUT2D eigenvalue weighted by Crippen LogP contribution is -2.42. The standard InChI is InChI=1S/C15H20N2O3/c18-11-17(9-13-4-2-1-3-5-13)10-14(19)15(20)16-8-12-6-7-12/h1-5,11-12,14,19H,6-10H2,(H,16,20). The van der Waals surface area contributed by atoms with Crippen molar-refractivity contribution < 1.29 is 14.7 Å². The molecule has 0 aliphatic heterocycles. The van der Waals surface area contributed by atoms with Gasteiger partial charge in [0.05, 0.1) is 6.54 Å². The summed E-state index contributed by atoms with van der Waals surface area (Å²) in [6, 6.07) is 9.47. The molecular weight excluding hydrogens is 256 g/mol. The molecule has 5 nitrogen and oxygen atoms in total. The highest BCUT2D eigenvalue weighted by Crippen LogP contribution is 2.27. The number of aliphatic hydroxyl groups excluding tert-OH is 1. The first-order valence-corrected chi connectivity index (χ1v) is 6.88. The Kier molecular flexibility index (Phi) is 5.12. The van der Waals surface area contributed by atoms with Crippen molar-refractivity contribution in [2.45, 2.75) is 25.5 Å². The fourth-order valence-corrected chi connectivity index (χ4v) is 1.95. The molecule has 1 aliphatic rings. The van der Waals surface area contributed by atoms with Gasteiger partial charge in [0.15, 0.2) is 0 Å². The van der Waals surface area contributed by atoms with Crippen molar-refractivity contribution in [1.82, 2.24) is 10.2 Å². The lowest BCUT2D eigenvalue weighted by Gasteiger charge is -2.20. The Labute approximate surface area is 118 Å². The molecular formula is C15H20N2O3. The first-order chi connectivity index (χ1) is 9.69. The molecule has 1 aromatic carbocycles. The second-order valence-electron chi connectivity index (χ2n) is 5.22. The van der Waals surface area contributed by atoms with E-state index in [1.165, 1.54) is 4.90 Å². The predicted molar refractivity (Wildman–Crippen MR) is 74.7 cm³/mol. The summed E-state index contributed by atoms with van der Waals surface area (Å²) in [5.74, 6) is 0.162. The summed E-state index contributed by atoms with van der Waals surface area (Å²) < 4.78 is 0. The molecule has 0 spiro atoms. The van der Waals surface area contributed by atoms with E-state index in [9.17, 15) is 14.7 Å². The minimum atomic E-state index is -1.18. The molecule has 108 valence electrons. The van der Waals surface area contributed by atoms with Gasteiger partial charge in [-0.3, -0.25) is 9.59 Å². The third-order valence-electron chi connectivity index (χ3n) is 3.35. The Hall–Kier alpha value is -1.88. The second-order valence-corrected chi connectivity index (χ2v) is 5.22. The van der Waals surface area contributed by atoms with E-state index < -0.39 is 12.0 Å². The molecule has 2 rings (SSSR count). The molecule has 2 amide bonds. The maximum absolute atomic E-state index is 11.7. The van der Waals surface area contributed by atoms with Crippen LogP contribution >= 0.6 is 0 Å². The van der Waals surface area contributed by atoms with Crippen LogP contribution in [0.25, 0.3) is 0 Å². The van der Waals surface area contributed by atoms with Gasteiger partial charge in [0.1, 0.15) is 6.10 Å². The number of carbonyl (C=O) groups is 2. The maximum atomic E-state index is 11.7. The number of aliphatic hydroxyl groups is 1. The molecule has 1 aromatic rings. The summed E-state index contributed by atoms with van der Waals surface area (Å²) in [6.45, 7) is 1.02. The Morgan fingerprint density at radius 1 is 1.40 bits per heavy atom. The summed E-state index contributed by atoms with van der Waals surface area (Å²) in [4.78, 5) is 24.1. The van der Waals surface area contributed by atoms with Gasteiger partial charge >= 0.3 is 0 Å². The number of amides is 2. The van der Waals surface area contributed by atoms with Crippen LogP contribution in [0, 0.1) is 5.92 Å². The van der Waals surface area contributed by atoms with Crippen molar-refractivity contribution in [1.29, 1.82) is 0 Å². The largest absolute Gasteiger partial charge is 0.381 e. The Bertz CT molecular complexity index is 446. The molecule has 0 heterocycles. The van der Waals surface area contributed by atoms with E-state index in [2.05, 4.69) is 5.32 Å². The van der Waals surface area contributed by atoms with Gasteiger partial charge in [-0.25, -0.2) is 0 Å². The highest BCUT2D eigenvalue weighted by atomic mass is 16.3. The minimum Gasteiger partial charge on any atom is -0.381 e. The number of carbonyl (C=O) groups excluding carboxylic acids is 2. The Morgan fingerprint density at radius 3 is 2.70 bits per heavy atom. The lowest BCUT2D eigenvalue weighted by atomic mass is 10.2. The fourth-order valence-electron chi connectivity index (χ4n) is 1.95. The van der Waals surface area contributed by atoms with Crippen LogP contribution in [0.5, 0.6) is 0 Å². The Balaban J connectivity index is 1.78. The van der Waals surface area contributed by atoms with Crippen molar-refractivity contribution in [2.75, 3.05) is 13.1 Å². The van der Waals surface area contributed by atoms with E-state index in [4.69, 9.17) is 0 Å². The van der Waals surface area contributed by atoms with E-state index in [0.717, 1.165) is 18.4 Å². The summed E-state index contributed by atoms with van der Waals surface area (Å²) >= 11 is 0. The van der Waals surface area contributed by atoms with Crippen LogP contribution in [-0.2, 0) is 16.1 Å². The van der Waals surface area contributed by atoms with E-state index in [1.54, 1.807) is 0 Å². The molecule has 0 saturated heterocycles. The van der Waals surface area contributed by atoms with Crippen LogP contribution in [0.4, 0.5) is 0 Å². The Morgan fingerprint density at radius 2 is 2.10 bits per heavy atom. The van der Waals surface area contributed by atoms with Crippen molar-refractivity contribution >= 4 is 12.3 Å². The molecule has 1 atom stereocenters. The summed E-state index contributed by atoms with van der Waals surface area (Å²) in [7, 11) is 0. The van der Waals surface area contributed by atoms with Crippen LogP contribution < -0.4 is 5.32 Å². The van der Waals surface area contributed by atoms with E-state index in [0.29, 0.717) is 25.4 Å². The molecule has 20 heavy (non-hydrogen) atoms. The van der Waals surface area contributed by atoms with Crippen LogP contribution in [-0.4, -0.2) is 41.5 Å². The average Bonchev–Trinajstić information content (AvgIpc) is 3.29. The molecule has 0 bridgehead atoms. The number of hydrogen-bond acceptors (Lipinski definition) is 3. The van der Waals surface area contributed by atoms with E-state index in [1.807, 2.05) is 30.3 Å². The highest BCUT2D eigenvalue weighted by Gasteiger charge is 2.24. The molecule has 2 N–H and O–H groups in total. The molecule has 1 unspecified atom stereocenters. The molecule has 0 radical (unpaired) electrons. The third kappa shape index (κ3) is 4.66. The molecule has 1 saturated carbocycles. The molecule has 1 fully saturated rings. The zero-order valence-electron chi connectivity index (χ0n) is 11.4. The van der Waals surface area contributed by atoms with Gasteiger partial charge in [-0.15, -0.1) is 0 Å². The second kappa shape index (κ2) is 7.05. The number of benzene rings is 1. The number of nitrogens with one attached hydrogen (secondary N) is 1. The summed E-state index contributed by atoms with van der Waals surface area (Å²) in [5, 5.41) is 12.5. The van der Waals surface area contributed by atoms with Gasteiger partial charge < -0.3 is 15.3 Å². The molecule has 1 aliphatic carbocycles. The van der Waals surface area contributed by atoms with Crippen molar-refractivity contribution in [2.24, 2.45) is 5.92 Å². The lowest BCUT2D eigenvalue weighted by molar-refractivity contribution is -0.132. The van der Waals surface area contributed by atoms with Crippen LogP contribution in [0.1, 0.15) is 18.4 Å². The third-order valence-corrected chi connectivity index (χ3v) is 3.35. The quantitative estimate of drug-likeness (QED) is 0.681. The van der Waals surface area contributed by atoms with Crippen molar-refractivity contribution in [3.8, 4) is 0 Å². The van der Waals surface area contributed by atoms with Crippen LogP contribution in [0.2, 0.25) is 0 Å². The van der Waals surface area contributed by atoms with E-state index in [-0.39, 0.29) is 6.54 Å². The molecule has 5 heteroatoms. The average molecular weight is 276 g/mol. The summed E-state index contributed by atoms with van der Waals surface area (Å²) in [5.41, 5.74) is 0.963. The predicted octanol–water partition coefficient (Wildman–Crippen LogP) is 0.532. The van der Waals surface area contributed by atoms with Crippen molar-refractivity contribution in [3.05, 3.63) is 35.9 Å². The normalized spacial score (nSPS) is 15.4. The highest BCUT2D eigenvalue weighted by molar-refractivity contribution is 5.81. The SMILES string of the molecule is O=CN(Cc1ccccc1)CC(O)C(=O)NCC1CC1. The molecule has 0 aromatic heterocycles. The summed E-state index contributed by atoms with van der Waals surface area (Å²) in [6.07, 6.45) is 1.77. The van der Waals surface area contributed by atoms with Crippen LogP contribution in [0.3, 0.4) is 0 Å². The van der Waals surface area contributed by atoms with Gasteiger partial charge in [0, 0.05) is 13.1 Å². The zero-order chi connectivity index (χ0) is 14.4. The fraction of sp³-hybridized carbons (Fsp3) is 0.467. The van der Waals surface area contributed by atoms with Crippen LogP contribution in [0.15, 0.2) is 30.3 Å². The van der Waals surface area contributed by atoms with Gasteiger partial charge in [-0.1, -0.05) is 30.3 Å². The van der Waals surface area contributed by atoms with Gasteiger partial charge in [-0.2, -0.15) is 0 Å². The number of hydrogen-bond donors (Lipinski definition) is 2. The van der Waals surface area contributed by atoms with Gasteiger partial charge in [0.2, 0.25) is 6.41 Å². The monoisotopic (exact) mass is 276 g/mol. The van der Waals surface area contributed by atoms with Crippen molar-refractivity contribution in [3.63, 3.8) is 0 Å². The zero-order valence-corrected chi connectivity index (χ0v) is 11.4. The van der Waals surface area contributed by atoms with Gasteiger partial charge in [0.25, 0.3) is 5.91 Å². The number of rotatable bonds is 8. The smallest absolute Gasteiger partial charge is 0.250 e. The number of nitrogens with zero attached hydrogens (tertiary/aromatic N) is 1. The topological polar surface area (TPSA) is 69.6 Å². The van der Waals surface area contributed by atoms with E-state index >= 15 is 0 Å². The first kappa shape index (κ1) is 14.5. The maximum Gasteiger partial charge on any atom is 0.250 e. The minimum absolute atomic E-state index is 0.00882. The first-order valence-electron chi connectivity index (χ1n) is 6.88.